The maximum Gasteiger partial charge on any atom is 0.243 e. The van der Waals surface area contributed by atoms with Gasteiger partial charge in [0.1, 0.15) is 0 Å². The van der Waals surface area contributed by atoms with Gasteiger partial charge in [-0.15, -0.1) is 0 Å². The Morgan fingerprint density at radius 2 is 1.53 bits per heavy atom. The molecule has 4 heteroatoms. The third-order valence-corrected chi connectivity index (χ3v) is 5.46. The van der Waals surface area contributed by atoms with Crippen LogP contribution in [-0.4, -0.2) is 25.8 Å². The van der Waals surface area contributed by atoms with Crippen LogP contribution in [0.1, 0.15) is 19.4 Å². The predicted octanol–water partition coefficient (Wildman–Crippen LogP) is 2.27. The Morgan fingerprint density at radius 1 is 1.06 bits per heavy atom. The molecular formula is C13H19NO2S. The van der Waals surface area contributed by atoms with Crippen molar-refractivity contribution < 1.29 is 8.42 Å². The Hall–Kier alpha value is -0.870. The number of hydrogen-bond acceptors (Lipinski definition) is 2. The summed E-state index contributed by atoms with van der Waals surface area (Å²) in [6, 6.07) is 7.07. The second-order valence-corrected chi connectivity index (χ2v) is 7.03. The highest BCUT2D eigenvalue weighted by atomic mass is 32.2. The van der Waals surface area contributed by atoms with Crippen molar-refractivity contribution in [2.75, 3.05) is 13.1 Å². The third-order valence-electron chi connectivity index (χ3n) is 3.61. The van der Waals surface area contributed by atoms with Crippen molar-refractivity contribution in [2.24, 2.45) is 11.8 Å². The molecule has 0 radical (unpaired) electrons. The Morgan fingerprint density at radius 3 is 2.00 bits per heavy atom. The molecule has 0 saturated carbocycles. The third kappa shape index (κ3) is 2.38. The van der Waals surface area contributed by atoms with Crippen molar-refractivity contribution in [1.29, 1.82) is 0 Å². The zero-order valence-electron chi connectivity index (χ0n) is 10.6. The summed E-state index contributed by atoms with van der Waals surface area (Å²) in [6.07, 6.45) is 0. The smallest absolute Gasteiger partial charge is 0.207 e. The fraction of sp³-hybridized carbons (Fsp3) is 0.538. The molecule has 0 unspecified atom stereocenters. The van der Waals surface area contributed by atoms with Gasteiger partial charge in [0.05, 0.1) is 4.90 Å². The van der Waals surface area contributed by atoms with Gasteiger partial charge in [0.15, 0.2) is 0 Å². The van der Waals surface area contributed by atoms with E-state index in [1.807, 2.05) is 19.1 Å². The normalized spacial score (nSPS) is 26.3. The first-order valence-electron chi connectivity index (χ1n) is 5.98. The summed E-state index contributed by atoms with van der Waals surface area (Å²) in [4.78, 5) is 0.407. The van der Waals surface area contributed by atoms with Gasteiger partial charge in [-0.1, -0.05) is 31.5 Å². The summed E-state index contributed by atoms with van der Waals surface area (Å²) in [6.45, 7) is 7.44. The van der Waals surface area contributed by atoms with Crippen LogP contribution < -0.4 is 0 Å². The molecule has 1 saturated heterocycles. The highest BCUT2D eigenvalue weighted by molar-refractivity contribution is 7.89. The number of aryl methyl sites for hydroxylation is 1. The molecular weight excluding hydrogens is 234 g/mol. The quantitative estimate of drug-likeness (QED) is 0.811. The van der Waals surface area contributed by atoms with Crippen LogP contribution in [0, 0.1) is 18.8 Å². The maximum atomic E-state index is 12.4. The summed E-state index contributed by atoms with van der Waals surface area (Å²) in [5.74, 6) is 0.880. The van der Waals surface area contributed by atoms with Crippen molar-refractivity contribution >= 4 is 10.0 Å². The number of benzene rings is 1. The van der Waals surface area contributed by atoms with Gasteiger partial charge >= 0.3 is 0 Å². The SMILES string of the molecule is Cc1ccc(S(=O)(=O)N2C[C@H](C)[C@@H](C)C2)cc1. The standard InChI is InChI=1S/C13H19NO2S/c1-10-4-6-13(7-5-10)17(15,16)14-8-11(2)12(3)9-14/h4-7,11-12H,8-9H2,1-3H3/t11-,12-/m0/s1. The minimum Gasteiger partial charge on any atom is -0.207 e. The van der Waals surface area contributed by atoms with Crippen LogP contribution in [0.5, 0.6) is 0 Å². The monoisotopic (exact) mass is 253 g/mol. The summed E-state index contributed by atoms with van der Waals surface area (Å²) in [5.41, 5.74) is 1.08. The minimum atomic E-state index is -3.29. The first-order valence-corrected chi connectivity index (χ1v) is 7.42. The Labute approximate surface area is 104 Å². The molecule has 1 aliphatic rings. The Kier molecular flexibility index (Phi) is 3.27. The van der Waals surface area contributed by atoms with Crippen molar-refractivity contribution in [3.8, 4) is 0 Å². The summed E-state index contributed by atoms with van der Waals surface area (Å²) in [5, 5.41) is 0. The van der Waals surface area contributed by atoms with E-state index in [0.717, 1.165) is 5.56 Å². The molecule has 0 amide bonds. The van der Waals surface area contributed by atoms with Gasteiger partial charge in [-0.05, 0) is 30.9 Å². The van der Waals surface area contributed by atoms with Gasteiger partial charge in [0, 0.05) is 13.1 Å². The van der Waals surface area contributed by atoms with E-state index in [2.05, 4.69) is 13.8 Å². The average molecular weight is 253 g/mol. The van der Waals surface area contributed by atoms with Crippen LogP contribution in [0.2, 0.25) is 0 Å². The van der Waals surface area contributed by atoms with Crippen LogP contribution >= 0.6 is 0 Å². The van der Waals surface area contributed by atoms with Crippen LogP contribution in [0.3, 0.4) is 0 Å². The van der Waals surface area contributed by atoms with Gasteiger partial charge in [-0.3, -0.25) is 0 Å². The van der Waals surface area contributed by atoms with Crippen LogP contribution in [0.15, 0.2) is 29.2 Å². The molecule has 2 atom stereocenters. The maximum absolute atomic E-state index is 12.4. The first-order chi connectivity index (χ1) is 7.91. The molecule has 1 aromatic carbocycles. The van der Waals surface area contributed by atoms with Crippen LogP contribution in [-0.2, 0) is 10.0 Å². The van der Waals surface area contributed by atoms with Crippen molar-refractivity contribution in [3.63, 3.8) is 0 Å². The highest BCUT2D eigenvalue weighted by Crippen LogP contribution is 2.27. The lowest BCUT2D eigenvalue weighted by Crippen LogP contribution is -2.29. The Balaban J connectivity index is 2.28. The molecule has 1 heterocycles. The van der Waals surface area contributed by atoms with E-state index in [-0.39, 0.29) is 0 Å². The van der Waals surface area contributed by atoms with E-state index in [1.165, 1.54) is 0 Å². The fourth-order valence-electron chi connectivity index (χ4n) is 2.13. The van der Waals surface area contributed by atoms with Gasteiger partial charge in [0.2, 0.25) is 10.0 Å². The van der Waals surface area contributed by atoms with E-state index < -0.39 is 10.0 Å². The molecule has 0 bridgehead atoms. The number of hydrogen-bond donors (Lipinski definition) is 0. The number of sulfonamides is 1. The van der Waals surface area contributed by atoms with E-state index in [1.54, 1.807) is 16.4 Å². The van der Waals surface area contributed by atoms with Crippen molar-refractivity contribution in [1.82, 2.24) is 4.31 Å². The van der Waals surface area contributed by atoms with Gasteiger partial charge < -0.3 is 0 Å². The summed E-state index contributed by atoms with van der Waals surface area (Å²) in [7, 11) is -3.29. The summed E-state index contributed by atoms with van der Waals surface area (Å²) < 4.78 is 26.3. The van der Waals surface area contributed by atoms with Crippen LogP contribution in [0.4, 0.5) is 0 Å². The molecule has 1 fully saturated rings. The van der Waals surface area contributed by atoms with Crippen molar-refractivity contribution in [3.05, 3.63) is 29.8 Å². The minimum absolute atomic E-state index is 0.407. The molecule has 0 aliphatic carbocycles. The first kappa shape index (κ1) is 12.6. The molecule has 0 aromatic heterocycles. The second-order valence-electron chi connectivity index (χ2n) is 5.09. The van der Waals surface area contributed by atoms with E-state index in [9.17, 15) is 8.42 Å². The molecule has 0 N–H and O–H groups in total. The zero-order chi connectivity index (χ0) is 12.6. The fourth-order valence-corrected chi connectivity index (χ4v) is 3.77. The van der Waals surface area contributed by atoms with E-state index in [0.29, 0.717) is 29.8 Å². The Bertz CT molecular complexity index is 483. The average Bonchev–Trinajstić information content (AvgIpc) is 2.60. The topological polar surface area (TPSA) is 37.4 Å². The summed E-state index contributed by atoms with van der Waals surface area (Å²) >= 11 is 0. The molecule has 1 aromatic rings. The van der Waals surface area contributed by atoms with Gasteiger partial charge in [0.25, 0.3) is 0 Å². The lowest BCUT2D eigenvalue weighted by molar-refractivity contribution is 0.463. The lowest BCUT2D eigenvalue weighted by atomic mass is 10.0. The zero-order valence-corrected chi connectivity index (χ0v) is 11.4. The lowest BCUT2D eigenvalue weighted by Gasteiger charge is -2.16. The highest BCUT2D eigenvalue weighted by Gasteiger charge is 2.34. The van der Waals surface area contributed by atoms with E-state index in [4.69, 9.17) is 0 Å². The second kappa shape index (κ2) is 4.42. The molecule has 94 valence electrons. The largest absolute Gasteiger partial charge is 0.243 e. The molecule has 1 aliphatic heterocycles. The van der Waals surface area contributed by atoms with Gasteiger partial charge in [-0.25, -0.2) is 8.42 Å². The van der Waals surface area contributed by atoms with Gasteiger partial charge in [-0.2, -0.15) is 4.31 Å². The molecule has 2 rings (SSSR count). The molecule has 17 heavy (non-hydrogen) atoms. The van der Waals surface area contributed by atoms with Crippen molar-refractivity contribution in [2.45, 2.75) is 25.7 Å². The molecule has 0 spiro atoms. The number of rotatable bonds is 2. The van der Waals surface area contributed by atoms with E-state index >= 15 is 0 Å². The number of nitrogens with zero attached hydrogens (tertiary/aromatic N) is 1. The van der Waals surface area contributed by atoms with Crippen LogP contribution in [0.25, 0.3) is 0 Å². The molecule has 3 nitrogen and oxygen atoms in total. The predicted molar refractivity (Wildman–Crippen MR) is 68.3 cm³/mol.